The molecule has 0 aliphatic carbocycles. The molecule has 1 atom stereocenters. The van der Waals surface area contributed by atoms with Gasteiger partial charge in [0.2, 0.25) is 0 Å². The summed E-state index contributed by atoms with van der Waals surface area (Å²) >= 11 is 0. The Morgan fingerprint density at radius 3 is 2.61 bits per heavy atom. The van der Waals surface area contributed by atoms with Crippen LogP contribution in [0, 0.1) is 0 Å². The molecule has 1 unspecified atom stereocenters. The molecule has 0 aromatic carbocycles. The third-order valence-electron chi connectivity index (χ3n) is 3.62. The highest BCUT2D eigenvalue weighted by molar-refractivity contribution is 7.91. The van der Waals surface area contributed by atoms with Crippen LogP contribution in [0.4, 0.5) is 0 Å². The summed E-state index contributed by atoms with van der Waals surface area (Å²) in [6.45, 7) is 5.42. The van der Waals surface area contributed by atoms with Gasteiger partial charge >= 0.3 is 0 Å². The molecule has 108 valence electrons. The molecule has 18 heavy (non-hydrogen) atoms. The molecule has 1 N–H and O–H groups in total. The number of sulfone groups is 1. The van der Waals surface area contributed by atoms with Crippen molar-refractivity contribution >= 4 is 9.84 Å². The lowest BCUT2D eigenvalue weighted by Crippen LogP contribution is -2.33. The van der Waals surface area contributed by atoms with E-state index >= 15 is 0 Å². The minimum Gasteiger partial charge on any atom is -0.317 e. The second-order valence-corrected chi connectivity index (χ2v) is 7.58. The maximum atomic E-state index is 11.4. The van der Waals surface area contributed by atoms with Crippen molar-refractivity contribution in [2.75, 3.05) is 38.2 Å². The number of nitrogens with one attached hydrogen (secondary N) is 1. The highest BCUT2D eigenvalue weighted by atomic mass is 32.2. The van der Waals surface area contributed by atoms with E-state index in [1.807, 2.05) is 0 Å². The predicted molar refractivity (Wildman–Crippen MR) is 76.7 cm³/mol. The Balaban J connectivity index is 2.02. The fraction of sp³-hybridized carbons (Fsp3) is 1.00. The zero-order valence-corrected chi connectivity index (χ0v) is 12.6. The first-order valence-electron chi connectivity index (χ1n) is 7.16. The molecule has 1 heterocycles. The Labute approximate surface area is 112 Å². The van der Waals surface area contributed by atoms with Crippen LogP contribution < -0.4 is 5.32 Å². The quantitative estimate of drug-likeness (QED) is 0.645. The minimum absolute atomic E-state index is 0.258. The predicted octanol–water partition coefficient (Wildman–Crippen LogP) is 1.28. The van der Waals surface area contributed by atoms with Gasteiger partial charge in [-0.1, -0.05) is 13.3 Å². The fourth-order valence-corrected chi connectivity index (χ4v) is 4.20. The van der Waals surface area contributed by atoms with Crippen LogP contribution in [0.2, 0.25) is 0 Å². The molecule has 1 aliphatic heterocycles. The van der Waals surface area contributed by atoms with E-state index in [0.29, 0.717) is 11.5 Å². The van der Waals surface area contributed by atoms with E-state index in [1.54, 1.807) is 0 Å². The second kappa shape index (κ2) is 8.12. The largest absolute Gasteiger partial charge is 0.317 e. The average molecular weight is 276 g/mol. The molecule has 0 bridgehead atoms. The molecular weight excluding hydrogens is 248 g/mol. The van der Waals surface area contributed by atoms with Crippen LogP contribution in [0.25, 0.3) is 0 Å². The van der Waals surface area contributed by atoms with E-state index in [1.165, 1.54) is 25.7 Å². The lowest BCUT2D eigenvalue weighted by atomic mass is 10.2. The SMILES string of the molecule is CCCNCCCCCN(C)C1CCS(=O)(=O)C1. The molecule has 0 saturated carbocycles. The van der Waals surface area contributed by atoms with Crippen molar-refractivity contribution in [3.8, 4) is 0 Å². The topological polar surface area (TPSA) is 49.4 Å². The summed E-state index contributed by atoms with van der Waals surface area (Å²) in [7, 11) is -0.681. The van der Waals surface area contributed by atoms with Gasteiger partial charge in [-0.3, -0.25) is 0 Å². The summed E-state index contributed by atoms with van der Waals surface area (Å²) < 4.78 is 22.8. The molecule has 1 aliphatic rings. The van der Waals surface area contributed by atoms with Gasteiger partial charge in [0.25, 0.3) is 0 Å². The van der Waals surface area contributed by atoms with E-state index in [9.17, 15) is 8.42 Å². The van der Waals surface area contributed by atoms with Crippen LogP contribution in [-0.2, 0) is 9.84 Å². The summed E-state index contributed by atoms with van der Waals surface area (Å²) in [5.41, 5.74) is 0. The molecule has 0 amide bonds. The minimum atomic E-state index is -2.74. The normalized spacial score (nSPS) is 22.7. The van der Waals surface area contributed by atoms with E-state index < -0.39 is 9.84 Å². The van der Waals surface area contributed by atoms with Crippen LogP contribution in [-0.4, -0.2) is 57.5 Å². The summed E-state index contributed by atoms with van der Waals surface area (Å²) in [6.07, 6.45) is 5.62. The van der Waals surface area contributed by atoms with Gasteiger partial charge in [-0.15, -0.1) is 0 Å². The average Bonchev–Trinajstić information content (AvgIpc) is 2.68. The van der Waals surface area contributed by atoms with Crippen molar-refractivity contribution in [3.05, 3.63) is 0 Å². The first-order valence-corrected chi connectivity index (χ1v) is 8.98. The smallest absolute Gasteiger partial charge is 0.151 e. The van der Waals surface area contributed by atoms with E-state index in [2.05, 4.69) is 24.2 Å². The number of nitrogens with zero attached hydrogens (tertiary/aromatic N) is 1. The summed E-state index contributed by atoms with van der Waals surface area (Å²) in [4.78, 5) is 2.23. The summed E-state index contributed by atoms with van der Waals surface area (Å²) in [6, 6.07) is 0.258. The second-order valence-electron chi connectivity index (χ2n) is 5.35. The first-order chi connectivity index (χ1) is 8.55. The molecule has 1 fully saturated rings. The molecule has 0 aromatic rings. The molecule has 0 spiro atoms. The van der Waals surface area contributed by atoms with Gasteiger partial charge in [-0.2, -0.15) is 0 Å². The van der Waals surface area contributed by atoms with Gasteiger partial charge in [-0.05, 0) is 52.4 Å². The van der Waals surface area contributed by atoms with Gasteiger partial charge in [0.05, 0.1) is 11.5 Å². The zero-order chi connectivity index (χ0) is 13.4. The van der Waals surface area contributed by atoms with Crippen molar-refractivity contribution in [2.24, 2.45) is 0 Å². The molecule has 0 aromatic heterocycles. The lowest BCUT2D eigenvalue weighted by Gasteiger charge is -2.22. The third-order valence-corrected chi connectivity index (χ3v) is 5.37. The monoisotopic (exact) mass is 276 g/mol. The molecule has 4 nitrogen and oxygen atoms in total. The molecule has 1 rings (SSSR count). The van der Waals surface area contributed by atoms with Crippen molar-refractivity contribution in [2.45, 2.75) is 45.1 Å². The molecule has 1 saturated heterocycles. The van der Waals surface area contributed by atoms with E-state index in [4.69, 9.17) is 0 Å². The van der Waals surface area contributed by atoms with Crippen LogP contribution in [0.3, 0.4) is 0 Å². The number of rotatable bonds is 9. The molecule has 0 radical (unpaired) electrons. The van der Waals surface area contributed by atoms with Crippen molar-refractivity contribution < 1.29 is 8.42 Å². The Kier molecular flexibility index (Phi) is 7.19. The lowest BCUT2D eigenvalue weighted by molar-refractivity contribution is 0.256. The Morgan fingerprint density at radius 1 is 1.22 bits per heavy atom. The van der Waals surface area contributed by atoms with Crippen molar-refractivity contribution in [1.82, 2.24) is 10.2 Å². The van der Waals surface area contributed by atoms with Gasteiger partial charge in [0, 0.05) is 6.04 Å². The van der Waals surface area contributed by atoms with Crippen LogP contribution in [0.1, 0.15) is 39.0 Å². The maximum Gasteiger partial charge on any atom is 0.151 e. The fourth-order valence-electron chi connectivity index (χ4n) is 2.40. The van der Waals surface area contributed by atoms with E-state index in [0.717, 1.165) is 26.1 Å². The highest BCUT2D eigenvalue weighted by Crippen LogP contribution is 2.16. The zero-order valence-electron chi connectivity index (χ0n) is 11.8. The Bertz CT molecular complexity index is 317. The van der Waals surface area contributed by atoms with Crippen LogP contribution >= 0.6 is 0 Å². The van der Waals surface area contributed by atoms with Crippen molar-refractivity contribution in [1.29, 1.82) is 0 Å². The first kappa shape index (κ1) is 15.9. The molecule has 5 heteroatoms. The Morgan fingerprint density at radius 2 is 2.00 bits per heavy atom. The molecular formula is C13H28N2O2S. The number of unbranched alkanes of at least 4 members (excludes halogenated alkanes) is 2. The van der Waals surface area contributed by atoms with Gasteiger partial charge in [0.15, 0.2) is 9.84 Å². The van der Waals surface area contributed by atoms with E-state index in [-0.39, 0.29) is 6.04 Å². The van der Waals surface area contributed by atoms with Gasteiger partial charge in [-0.25, -0.2) is 8.42 Å². The van der Waals surface area contributed by atoms with Crippen LogP contribution in [0.5, 0.6) is 0 Å². The standard InChI is InChI=1S/C13H28N2O2S/c1-3-8-14-9-5-4-6-10-15(2)13-7-11-18(16,17)12-13/h13-14H,3-12H2,1-2H3. The Hall–Kier alpha value is -0.130. The van der Waals surface area contributed by atoms with Gasteiger partial charge in [0.1, 0.15) is 0 Å². The number of hydrogen-bond donors (Lipinski definition) is 1. The van der Waals surface area contributed by atoms with Crippen LogP contribution in [0.15, 0.2) is 0 Å². The highest BCUT2D eigenvalue weighted by Gasteiger charge is 2.30. The summed E-state index contributed by atoms with van der Waals surface area (Å²) in [5, 5.41) is 3.40. The number of hydrogen-bond acceptors (Lipinski definition) is 4. The van der Waals surface area contributed by atoms with Crippen molar-refractivity contribution in [3.63, 3.8) is 0 Å². The van der Waals surface area contributed by atoms with Gasteiger partial charge < -0.3 is 10.2 Å². The third kappa shape index (κ3) is 6.16. The maximum absolute atomic E-state index is 11.4. The summed E-state index contributed by atoms with van der Waals surface area (Å²) in [5.74, 6) is 0.741.